The van der Waals surface area contributed by atoms with Crippen LogP contribution in [0, 0.1) is 13.8 Å². The highest BCUT2D eigenvalue weighted by molar-refractivity contribution is 6.07. The third kappa shape index (κ3) is 6.93. The number of hydrogen-bond donors (Lipinski definition) is 3. The monoisotopic (exact) mass is 554 g/mol. The lowest BCUT2D eigenvalue weighted by Crippen LogP contribution is -2.54. The molecule has 0 heterocycles. The minimum atomic E-state index is -2.24. The molecule has 0 saturated heterocycles. The average molecular weight is 555 g/mol. The second-order valence-corrected chi connectivity index (χ2v) is 9.20. The Labute approximate surface area is 234 Å². The fraction of sp³-hybridized carbons (Fsp3) is 0.129. The lowest BCUT2D eigenvalue weighted by molar-refractivity contribution is -0.159. The molecular weight excluding hydrogens is 528 g/mol. The topological polar surface area (TPSA) is 148 Å². The fourth-order valence-corrected chi connectivity index (χ4v) is 4.09. The van der Waals surface area contributed by atoms with Gasteiger partial charge in [0.05, 0.1) is 11.1 Å². The van der Waals surface area contributed by atoms with Crippen molar-refractivity contribution in [3.05, 3.63) is 119 Å². The molecule has 4 aromatic rings. The number of benzene rings is 4. The van der Waals surface area contributed by atoms with Gasteiger partial charge >= 0.3 is 17.9 Å². The zero-order valence-corrected chi connectivity index (χ0v) is 22.1. The zero-order valence-electron chi connectivity index (χ0n) is 22.1. The third-order valence-electron chi connectivity index (χ3n) is 6.09. The first kappa shape index (κ1) is 28.5. The van der Waals surface area contributed by atoms with Gasteiger partial charge in [0.25, 0.3) is 11.8 Å². The smallest absolute Gasteiger partial charge is 0.349 e. The molecule has 0 fully saturated rings. The predicted molar refractivity (Wildman–Crippen MR) is 148 cm³/mol. The number of ether oxygens (including phenoxy) is 2. The van der Waals surface area contributed by atoms with E-state index in [-0.39, 0.29) is 16.7 Å². The van der Waals surface area contributed by atoms with Crippen molar-refractivity contribution >= 4 is 40.5 Å². The van der Waals surface area contributed by atoms with Gasteiger partial charge in [-0.2, -0.15) is 0 Å². The molecule has 208 valence electrons. The van der Waals surface area contributed by atoms with Crippen molar-refractivity contribution in [3.63, 3.8) is 0 Å². The van der Waals surface area contributed by atoms with Gasteiger partial charge in [0.15, 0.2) is 0 Å². The van der Waals surface area contributed by atoms with Crippen LogP contribution in [0.3, 0.4) is 0 Å². The van der Waals surface area contributed by atoms with Crippen molar-refractivity contribution in [1.82, 2.24) is 10.9 Å². The van der Waals surface area contributed by atoms with Crippen molar-refractivity contribution in [1.29, 1.82) is 0 Å². The molecule has 0 bridgehead atoms. The molecule has 0 saturated carbocycles. The Kier molecular flexibility index (Phi) is 8.73. The summed E-state index contributed by atoms with van der Waals surface area (Å²) in [7, 11) is 0. The van der Waals surface area contributed by atoms with Gasteiger partial charge in [-0.15, -0.1) is 0 Å². The van der Waals surface area contributed by atoms with Crippen LogP contribution in [0.2, 0.25) is 0 Å². The number of carbonyl (C=O) groups excluding carboxylic acids is 4. The molecule has 0 aliphatic carbocycles. The van der Waals surface area contributed by atoms with E-state index in [9.17, 15) is 29.1 Å². The second kappa shape index (κ2) is 12.6. The number of carboxylic acid groups (broad SMARTS) is 1. The first-order valence-electron chi connectivity index (χ1n) is 12.5. The van der Waals surface area contributed by atoms with Crippen LogP contribution >= 0.6 is 0 Å². The van der Waals surface area contributed by atoms with E-state index in [1.807, 2.05) is 18.2 Å². The van der Waals surface area contributed by atoms with Gasteiger partial charge in [0.2, 0.25) is 12.2 Å². The van der Waals surface area contributed by atoms with E-state index in [2.05, 4.69) is 10.9 Å². The number of aryl methyl sites for hydroxylation is 2. The maximum Gasteiger partial charge on any atom is 0.349 e. The molecule has 2 atom stereocenters. The highest BCUT2D eigenvalue weighted by Crippen LogP contribution is 2.19. The van der Waals surface area contributed by atoms with Crippen molar-refractivity contribution in [3.8, 4) is 0 Å². The predicted octanol–water partition coefficient (Wildman–Crippen LogP) is 3.75. The number of hydrazine groups is 1. The highest BCUT2D eigenvalue weighted by atomic mass is 16.6. The molecule has 0 unspecified atom stereocenters. The van der Waals surface area contributed by atoms with Gasteiger partial charge in [-0.3, -0.25) is 20.4 Å². The van der Waals surface area contributed by atoms with Crippen LogP contribution in [-0.4, -0.2) is 47.0 Å². The number of fused-ring (bicyclic) bond motifs is 1. The summed E-state index contributed by atoms with van der Waals surface area (Å²) < 4.78 is 10.4. The van der Waals surface area contributed by atoms with E-state index in [1.54, 1.807) is 62.4 Å². The van der Waals surface area contributed by atoms with Crippen LogP contribution in [0.15, 0.2) is 91.0 Å². The lowest BCUT2D eigenvalue weighted by atomic mass is 10.0. The molecular formula is C31H26N2O8. The Hall–Kier alpha value is -5.51. The Balaban J connectivity index is 1.59. The largest absolute Gasteiger partial charge is 0.478 e. The van der Waals surface area contributed by atoms with Gasteiger partial charge in [-0.1, -0.05) is 71.8 Å². The van der Waals surface area contributed by atoms with Crippen LogP contribution in [-0.2, 0) is 19.1 Å². The fourth-order valence-electron chi connectivity index (χ4n) is 4.09. The molecule has 2 amide bonds. The molecule has 3 N–H and O–H groups in total. The van der Waals surface area contributed by atoms with E-state index >= 15 is 0 Å². The summed E-state index contributed by atoms with van der Waals surface area (Å²) in [6.45, 7) is 3.46. The molecule has 4 rings (SSSR count). The molecule has 0 radical (unpaired) electrons. The summed E-state index contributed by atoms with van der Waals surface area (Å²) in [5.74, 6) is -5.77. The van der Waals surface area contributed by atoms with Gasteiger partial charge in [-0.05, 0) is 55.0 Å². The summed E-state index contributed by atoms with van der Waals surface area (Å²) in [5.41, 5.74) is 6.04. The van der Waals surface area contributed by atoms with E-state index in [0.717, 1.165) is 5.39 Å². The van der Waals surface area contributed by atoms with Gasteiger partial charge in [-0.25, -0.2) is 14.4 Å². The number of aliphatic carboxylic acids is 1. The maximum atomic E-state index is 13.2. The number of carbonyl (C=O) groups is 5. The standard InChI is InChI=1S/C31H26N2O8/c1-18-8-5-12-21(16-18)30(38)40-25(26(29(36)37)41-31(39)22-13-6-9-19(2)17-22)28(35)33-32-27(34)24-15-7-11-20-10-3-4-14-23(20)24/h3-17,25-26H,1-2H3,(H,32,34)(H,33,35)(H,36,37)/t25-,26-/m0/s1. The number of amides is 2. The van der Waals surface area contributed by atoms with Crippen LogP contribution in [0.25, 0.3) is 10.8 Å². The maximum absolute atomic E-state index is 13.2. The Morgan fingerprint density at radius 1 is 0.659 bits per heavy atom. The molecule has 0 aliphatic rings. The average Bonchev–Trinajstić information content (AvgIpc) is 2.96. The molecule has 0 aromatic heterocycles. The quantitative estimate of drug-likeness (QED) is 0.220. The molecule has 0 aliphatic heterocycles. The Morgan fingerprint density at radius 2 is 1.20 bits per heavy atom. The minimum Gasteiger partial charge on any atom is -0.478 e. The number of rotatable bonds is 8. The van der Waals surface area contributed by atoms with Crippen molar-refractivity contribution in [2.45, 2.75) is 26.1 Å². The van der Waals surface area contributed by atoms with Crippen molar-refractivity contribution in [2.24, 2.45) is 0 Å². The molecule has 10 nitrogen and oxygen atoms in total. The normalized spacial score (nSPS) is 12.0. The zero-order chi connectivity index (χ0) is 29.5. The van der Waals surface area contributed by atoms with Crippen LogP contribution in [0.1, 0.15) is 42.2 Å². The van der Waals surface area contributed by atoms with Gasteiger partial charge < -0.3 is 14.6 Å². The Morgan fingerprint density at radius 3 is 1.78 bits per heavy atom. The summed E-state index contributed by atoms with van der Waals surface area (Å²) in [6, 6.07) is 24.5. The highest BCUT2D eigenvalue weighted by Gasteiger charge is 2.41. The first-order chi connectivity index (χ1) is 19.6. The van der Waals surface area contributed by atoms with Crippen LogP contribution in [0.5, 0.6) is 0 Å². The number of nitrogens with one attached hydrogen (secondary N) is 2. The first-order valence-corrected chi connectivity index (χ1v) is 12.5. The van der Waals surface area contributed by atoms with Gasteiger partial charge in [0.1, 0.15) is 0 Å². The van der Waals surface area contributed by atoms with Crippen molar-refractivity contribution < 1.29 is 38.6 Å². The summed E-state index contributed by atoms with van der Waals surface area (Å²) >= 11 is 0. The summed E-state index contributed by atoms with van der Waals surface area (Å²) in [5, 5.41) is 11.3. The molecule has 0 spiro atoms. The SMILES string of the molecule is Cc1cccc(C(=O)O[C@H](C(=O)O)[C@H](OC(=O)c2cccc(C)c2)C(=O)NNC(=O)c2cccc3ccccc23)c1. The summed E-state index contributed by atoms with van der Waals surface area (Å²) in [4.78, 5) is 64.1. The number of esters is 2. The Bertz CT molecular complexity index is 1640. The molecule has 10 heteroatoms. The van der Waals surface area contributed by atoms with E-state index in [0.29, 0.717) is 16.5 Å². The van der Waals surface area contributed by atoms with Crippen LogP contribution < -0.4 is 10.9 Å². The summed E-state index contributed by atoms with van der Waals surface area (Å²) in [6.07, 6.45) is -4.41. The van der Waals surface area contributed by atoms with Gasteiger partial charge in [0, 0.05) is 5.56 Å². The lowest BCUT2D eigenvalue weighted by Gasteiger charge is -2.23. The number of hydrogen-bond acceptors (Lipinski definition) is 7. The molecule has 4 aromatic carbocycles. The number of carboxylic acids is 1. The second-order valence-electron chi connectivity index (χ2n) is 9.20. The van der Waals surface area contributed by atoms with E-state index in [4.69, 9.17) is 9.47 Å². The third-order valence-corrected chi connectivity index (χ3v) is 6.09. The molecule has 41 heavy (non-hydrogen) atoms. The van der Waals surface area contributed by atoms with E-state index < -0.39 is 41.9 Å². The van der Waals surface area contributed by atoms with Crippen molar-refractivity contribution in [2.75, 3.05) is 0 Å². The minimum absolute atomic E-state index is 0.0321. The van der Waals surface area contributed by atoms with E-state index in [1.165, 1.54) is 24.3 Å². The van der Waals surface area contributed by atoms with Crippen LogP contribution in [0.4, 0.5) is 0 Å².